The van der Waals surface area contributed by atoms with E-state index < -0.39 is 38.6 Å². The number of carbonyl (C=O) groups excluding carboxylic acids is 2. The van der Waals surface area contributed by atoms with Gasteiger partial charge in [-0.1, -0.05) is 144 Å². The first-order chi connectivity index (χ1) is 25.7. The van der Waals surface area contributed by atoms with Gasteiger partial charge in [0.1, 0.15) is 6.61 Å². The van der Waals surface area contributed by atoms with Crippen LogP contribution in [-0.2, 0) is 28.2 Å². The largest absolute Gasteiger partial charge is 0.469 e. The van der Waals surface area contributed by atoms with Crippen molar-refractivity contribution in [1.29, 1.82) is 0 Å². The number of esters is 2. The van der Waals surface area contributed by atoms with Crippen LogP contribution in [0.1, 0.15) is 149 Å². The molecule has 0 saturated heterocycles. The van der Waals surface area contributed by atoms with E-state index >= 15 is 0 Å². The molecule has 2 atom stereocenters. The van der Waals surface area contributed by atoms with Crippen LogP contribution in [0.2, 0.25) is 0 Å². The number of aliphatic hydroxyl groups is 1. The van der Waals surface area contributed by atoms with Crippen molar-refractivity contribution in [3.8, 4) is 0 Å². The van der Waals surface area contributed by atoms with Gasteiger partial charge >= 0.3 is 19.8 Å². The summed E-state index contributed by atoms with van der Waals surface area (Å²) in [6.07, 6.45) is 46.2. The molecule has 1 unspecified atom stereocenters. The average Bonchev–Trinajstić information content (AvgIpc) is 3.12. The van der Waals surface area contributed by atoms with Gasteiger partial charge in [-0.25, -0.2) is 4.57 Å². The lowest BCUT2D eigenvalue weighted by molar-refractivity contribution is -0.161. The molecule has 0 bridgehead atoms. The third-order valence-corrected chi connectivity index (χ3v) is 8.45. The molecular weight excluding hydrogens is 691 g/mol. The molecule has 3 N–H and O–H groups in total. The predicted molar refractivity (Wildman–Crippen MR) is 217 cm³/mol. The molecule has 53 heavy (non-hydrogen) atoms. The van der Waals surface area contributed by atoms with Crippen LogP contribution in [0.4, 0.5) is 0 Å². The molecule has 0 spiro atoms. The lowest BCUT2D eigenvalue weighted by atomic mass is 10.1. The number of allylic oxidation sites excluding steroid dienone is 12. The Kier molecular flexibility index (Phi) is 35.5. The van der Waals surface area contributed by atoms with Crippen LogP contribution < -0.4 is 0 Å². The summed E-state index contributed by atoms with van der Waals surface area (Å²) in [4.78, 5) is 42.7. The molecule has 0 rings (SSSR count). The summed E-state index contributed by atoms with van der Waals surface area (Å²) in [5.74, 6) is -1.08. The first kappa shape index (κ1) is 50.2. The zero-order valence-electron chi connectivity index (χ0n) is 32.7. The summed E-state index contributed by atoms with van der Waals surface area (Å²) in [6, 6.07) is 0. The van der Waals surface area contributed by atoms with Gasteiger partial charge in [0.15, 0.2) is 6.10 Å². The second-order valence-corrected chi connectivity index (χ2v) is 14.3. The number of ether oxygens (including phenoxy) is 2. The van der Waals surface area contributed by atoms with Gasteiger partial charge < -0.3 is 24.4 Å². The normalized spacial score (nSPS) is 14.0. The van der Waals surface area contributed by atoms with E-state index in [2.05, 4.69) is 60.9 Å². The average molecular weight is 763 g/mol. The van der Waals surface area contributed by atoms with E-state index in [1.54, 1.807) is 12.2 Å². The summed E-state index contributed by atoms with van der Waals surface area (Å²) < 4.78 is 26.2. The van der Waals surface area contributed by atoms with E-state index in [1.165, 1.54) is 57.8 Å². The summed E-state index contributed by atoms with van der Waals surface area (Å²) in [5, 5.41) is 10.1. The van der Waals surface area contributed by atoms with E-state index in [9.17, 15) is 19.3 Å². The fourth-order valence-electron chi connectivity index (χ4n) is 4.93. The summed E-state index contributed by atoms with van der Waals surface area (Å²) in [5.41, 5.74) is 0. The van der Waals surface area contributed by atoms with Crippen molar-refractivity contribution in [3.63, 3.8) is 0 Å². The number of hydrogen-bond acceptors (Lipinski definition) is 7. The van der Waals surface area contributed by atoms with Crippen LogP contribution in [0.25, 0.3) is 0 Å². The standard InChI is InChI=1S/C43H71O9P/c1-3-5-7-9-11-13-14-15-16-17-18-19-20-22-24-28-33-37-43(46)52-41(39-51-53(47,48)49)38-50-42(45)36-32-29-25-27-31-35-40(44)34-30-26-23-21-12-10-8-6-4-2/h12,15-16,18-19,21-22,24-27,30-31,35,40-41,44H,3-11,13-14,17,20,23,28-29,32-34,36-39H2,1-2H3,(H2,47,48,49)/b16-15-,19-18-,21-12-,24-22-,27-25+,30-26-,35-31-/t40?,41-/m1/s1. The Labute approximate surface area is 321 Å². The smallest absolute Gasteiger partial charge is 0.462 e. The molecule has 10 heteroatoms. The molecule has 0 amide bonds. The Bertz CT molecular complexity index is 1150. The third kappa shape index (κ3) is 40.2. The summed E-state index contributed by atoms with van der Waals surface area (Å²) >= 11 is 0. The molecule has 302 valence electrons. The van der Waals surface area contributed by atoms with Crippen molar-refractivity contribution in [1.82, 2.24) is 0 Å². The molecule has 0 aromatic carbocycles. The van der Waals surface area contributed by atoms with Crippen molar-refractivity contribution in [2.75, 3.05) is 13.2 Å². The number of carbonyl (C=O) groups is 2. The van der Waals surface area contributed by atoms with Gasteiger partial charge in [0.05, 0.1) is 12.7 Å². The SMILES string of the molecule is CCCCC/C=C\C/C=C\CC(O)/C=C\C=C\CCCC(=O)OC[C@H](COP(=O)(O)O)OC(=O)CCC/C=C\C/C=C\C/C=C\CCCCCCCC. The molecular formula is C43H71O9P. The highest BCUT2D eigenvalue weighted by atomic mass is 31.2. The fourth-order valence-corrected chi connectivity index (χ4v) is 5.29. The lowest BCUT2D eigenvalue weighted by Gasteiger charge is -2.18. The minimum absolute atomic E-state index is 0.106. The van der Waals surface area contributed by atoms with Crippen LogP contribution in [0.15, 0.2) is 85.1 Å². The fraction of sp³-hybridized carbons (Fsp3) is 0.628. The van der Waals surface area contributed by atoms with Crippen molar-refractivity contribution < 1.29 is 43.0 Å². The minimum Gasteiger partial charge on any atom is -0.462 e. The lowest BCUT2D eigenvalue weighted by Crippen LogP contribution is -2.29. The van der Waals surface area contributed by atoms with Gasteiger partial charge in [-0.2, -0.15) is 0 Å². The second-order valence-electron chi connectivity index (χ2n) is 13.1. The Morgan fingerprint density at radius 1 is 0.585 bits per heavy atom. The van der Waals surface area contributed by atoms with Gasteiger partial charge in [-0.15, -0.1) is 0 Å². The predicted octanol–water partition coefficient (Wildman–Crippen LogP) is 11.0. The third-order valence-electron chi connectivity index (χ3n) is 7.97. The van der Waals surface area contributed by atoms with Crippen molar-refractivity contribution in [2.24, 2.45) is 0 Å². The van der Waals surface area contributed by atoms with Gasteiger partial charge in [-0.3, -0.25) is 14.1 Å². The zero-order valence-corrected chi connectivity index (χ0v) is 33.6. The monoisotopic (exact) mass is 762 g/mol. The topological polar surface area (TPSA) is 140 Å². The number of rotatable bonds is 35. The summed E-state index contributed by atoms with van der Waals surface area (Å²) in [6.45, 7) is 3.46. The van der Waals surface area contributed by atoms with E-state index in [4.69, 9.17) is 19.3 Å². The molecule has 0 saturated carbocycles. The van der Waals surface area contributed by atoms with Gasteiger partial charge in [-0.05, 0) is 77.0 Å². The van der Waals surface area contributed by atoms with Crippen molar-refractivity contribution in [2.45, 2.75) is 161 Å². The van der Waals surface area contributed by atoms with Crippen molar-refractivity contribution in [3.05, 3.63) is 85.1 Å². The van der Waals surface area contributed by atoms with E-state index in [0.29, 0.717) is 32.1 Å². The minimum atomic E-state index is -4.80. The van der Waals surface area contributed by atoms with Crippen LogP contribution in [0, 0.1) is 0 Å². The van der Waals surface area contributed by atoms with E-state index in [-0.39, 0.29) is 19.4 Å². The molecule has 0 aromatic rings. The van der Waals surface area contributed by atoms with Crippen molar-refractivity contribution >= 4 is 19.8 Å². The number of phosphoric acid groups is 1. The maximum atomic E-state index is 12.4. The number of aliphatic hydroxyl groups excluding tert-OH is 1. The maximum Gasteiger partial charge on any atom is 0.469 e. The molecule has 0 radical (unpaired) electrons. The van der Waals surface area contributed by atoms with Gasteiger partial charge in [0.25, 0.3) is 0 Å². The van der Waals surface area contributed by atoms with Crippen LogP contribution in [0.3, 0.4) is 0 Å². The molecule has 0 aromatic heterocycles. The molecule has 0 aliphatic carbocycles. The first-order valence-electron chi connectivity index (χ1n) is 20.0. The molecule has 9 nitrogen and oxygen atoms in total. The highest BCUT2D eigenvalue weighted by Crippen LogP contribution is 2.35. The first-order valence-corrected chi connectivity index (χ1v) is 21.5. The molecule has 0 aliphatic rings. The maximum absolute atomic E-state index is 12.4. The molecule has 0 aliphatic heterocycles. The summed E-state index contributed by atoms with van der Waals surface area (Å²) in [7, 11) is -4.80. The van der Waals surface area contributed by atoms with Crippen LogP contribution >= 0.6 is 7.82 Å². The molecule has 0 fully saturated rings. The Hall–Kier alpha value is -2.81. The van der Waals surface area contributed by atoms with Crippen LogP contribution in [-0.4, -0.2) is 52.3 Å². The van der Waals surface area contributed by atoms with Crippen LogP contribution in [0.5, 0.6) is 0 Å². The highest BCUT2D eigenvalue weighted by molar-refractivity contribution is 7.46. The number of unbranched alkanes of at least 4 members (excludes halogenated alkanes) is 11. The quantitative estimate of drug-likeness (QED) is 0.0189. The Balaban J connectivity index is 4.24. The molecule has 0 heterocycles. The second kappa shape index (κ2) is 37.5. The Morgan fingerprint density at radius 3 is 1.70 bits per heavy atom. The Morgan fingerprint density at radius 2 is 1.08 bits per heavy atom. The number of phosphoric ester groups is 1. The zero-order chi connectivity index (χ0) is 39.1. The van der Waals surface area contributed by atoms with Gasteiger partial charge in [0, 0.05) is 12.8 Å². The number of hydrogen-bond donors (Lipinski definition) is 3. The van der Waals surface area contributed by atoms with Gasteiger partial charge in [0.2, 0.25) is 0 Å². The highest BCUT2D eigenvalue weighted by Gasteiger charge is 2.22. The van der Waals surface area contributed by atoms with E-state index in [1.807, 2.05) is 30.4 Å². The van der Waals surface area contributed by atoms with E-state index in [0.717, 1.165) is 32.1 Å².